The molecule has 0 aliphatic rings. The normalized spacial score (nSPS) is 8.75. The van der Waals surface area contributed by atoms with Crippen LogP contribution in [0.2, 0.25) is 5.02 Å². The number of nitriles is 2. The Kier molecular flexibility index (Phi) is 4.39. The molecule has 1 rings (SSSR count). The number of hydrogen-bond donors (Lipinski definition) is 0. The number of halogens is 1. The van der Waals surface area contributed by atoms with Crippen molar-refractivity contribution in [3.05, 3.63) is 40.4 Å². The van der Waals surface area contributed by atoms with Gasteiger partial charge in [0.15, 0.2) is 11.3 Å². The molecule has 0 atom stereocenters. The van der Waals surface area contributed by atoms with Crippen LogP contribution in [0.3, 0.4) is 0 Å². The lowest BCUT2D eigenvalue weighted by molar-refractivity contribution is 0.297. The average molecular weight is 233 g/mol. The fourth-order valence-corrected chi connectivity index (χ4v) is 1.39. The highest BCUT2D eigenvalue weighted by Crippen LogP contribution is 2.22. The smallest absolute Gasteiger partial charge is 0.172 e. The third kappa shape index (κ3) is 2.76. The minimum atomic E-state index is -0.0517. The highest BCUT2D eigenvalue weighted by atomic mass is 35.5. The molecule has 16 heavy (non-hydrogen) atoms. The van der Waals surface area contributed by atoms with Gasteiger partial charge in [0, 0.05) is 10.6 Å². The first-order chi connectivity index (χ1) is 7.72. The van der Waals surface area contributed by atoms with Crippen LogP contribution in [0.1, 0.15) is 12.5 Å². The largest absolute Gasteiger partial charge is 0.491 e. The van der Waals surface area contributed by atoms with Crippen LogP contribution in [0.4, 0.5) is 0 Å². The van der Waals surface area contributed by atoms with E-state index in [4.69, 9.17) is 26.9 Å². The van der Waals surface area contributed by atoms with E-state index in [-0.39, 0.29) is 11.3 Å². The Labute approximate surface area is 99.1 Å². The maximum atomic E-state index is 8.81. The third-order valence-electron chi connectivity index (χ3n) is 1.83. The van der Waals surface area contributed by atoms with Crippen molar-refractivity contribution >= 4 is 17.4 Å². The molecule has 0 aliphatic heterocycles. The first kappa shape index (κ1) is 12.1. The molecule has 0 heterocycles. The third-order valence-corrected chi connectivity index (χ3v) is 2.06. The van der Waals surface area contributed by atoms with E-state index in [1.165, 1.54) is 0 Å². The van der Waals surface area contributed by atoms with Gasteiger partial charge in [0.1, 0.15) is 12.1 Å². The average Bonchev–Trinajstić information content (AvgIpc) is 2.29. The number of ether oxygens (including phenoxy) is 1. The summed E-state index contributed by atoms with van der Waals surface area (Å²) in [7, 11) is 0. The van der Waals surface area contributed by atoms with Crippen LogP contribution in [0.15, 0.2) is 29.8 Å². The molecule has 0 spiro atoms. The molecule has 0 unspecified atom stereocenters. The minimum absolute atomic E-state index is 0.0517. The quantitative estimate of drug-likeness (QED) is 0.594. The lowest BCUT2D eigenvalue weighted by atomic mass is 10.1. The summed E-state index contributed by atoms with van der Waals surface area (Å²) in [4.78, 5) is 0. The van der Waals surface area contributed by atoms with E-state index in [0.717, 1.165) is 0 Å². The minimum Gasteiger partial charge on any atom is -0.491 e. The fourth-order valence-electron chi connectivity index (χ4n) is 1.20. The standard InChI is InChI=1S/C12H9ClN2O/c1-2-16-12(10(7-14)8-15)9-4-3-5-11(13)6-9/h3-6H,2H2,1H3. The van der Waals surface area contributed by atoms with Gasteiger partial charge < -0.3 is 4.74 Å². The van der Waals surface area contributed by atoms with E-state index in [1.807, 2.05) is 0 Å². The first-order valence-electron chi connectivity index (χ1n) is 4.66. The Morgan fingerprint density at radius 1 is 1.38 bits per heavy atom. The summed E-state index contributed by atoms with van der Waals surface area (Å²) >= 11 is 5.84. The lowest BCUT2D eigenvalue weighted by Crippen LogP contribution is -1.95. The molecule has 1 aromatic carbocycles. The highest BCUT2D eigenvalue weighted by Gasteiger charge is 2.10. The van der Waals surface area contributed by atoms with Gasteiger partial charge in [-0.1, -0.05) is 23.7 Å². The van der Waals surface area contributed by atoms with Gasteiger partial charge >= 0.3 is 0 Å². The molecule has 1 aromatic rings. The molecule has 0 N–H and O–H groups in total. The second kappa shape index (κ2) is 5.80. The van der Waals surface area contributed by atoms with Gasteiger partial charge in [0.2, 0.25) is 0 Å². The van der Waals surface area contributed by atoms with E-state index >= 15 is 0 Å². The number of rotatable bonds is 3. The van der Waals surface area contributed by atoms with Crippen LogP contribution in [0, 0.1) is 22.7 Å². The van der Waals surface area contributed by atoms with Gasteiger partial charge in [-0.15, -0.1) is 0 Å². The van der Waals surface area contributed by atoms with Crippen LogP contribution < -0.4 is 0 Å². The van der Waals surface area contributed by atoms with Gasteiger partial charge in [-0.3, -0.25) is 0 Å². The van der Waals surface area contributed by atoms with E-state index in [1.54, 1.807) is 43.3 Å². The van der Waals surface area contributed by atoms with Crippen molar-refractivity contribution in [1.29, 1.82) is 10.5 Å². The molecule has 0 fully saturated rings. The topological polar surface area (TPSA) is 56.8 Å². The van der Waals surface area contributed by atoms with Gasteiger partial charge in [0.25, 0.3) is 0 Å². The number of hydrogen-bond acceptors (Lipinski definition) is 3. The van der Waals surface area contributed by atoms with Crippen LogP contribution in [0.25, 0.3) is 5.76 Å². The van der Waals surface area contributed by atoms with Crippen molar-refractivity contribution < 1.29 is 4.74 Å². The Bertz CT molecular complexity index is 478. The van der Waals surface area contributed by atoms with Gasteiger partial charge in [-0.25, -0.2) is 0 Å². The molecule has 80 valence electrons. The molecule has 0 aliphatic carbocycles. The predicted molar refractivity (Wildman–Crippen MR) is 61.2 cm³/mol. The van der Waals surface area contributed by atoms with Crippen LogP contribution in [-0.4, -0.2) is 6.61 Å². The van der Waals surface area contributed by atoms with Crippen molar-refractivity contribution in [2.75, 3.05) is 6.61 Å². The van der Waals surface area contributed by atoms with Crippen molar-refractivity contribution in [1.82, 2.24) is 0 Å². The van der Waals surface area contributed by atoms with Crippen LogP contribution >= 0.6 is 11.6 Å². The molecule has 0 radical (unpaired) electrons. The second-order valence-corrected chi connectivity index (χ2v) is 3.31. The van der Waals surface area contributed by atoms with Gasteiger partial charge in [0.05, 0.1) is 6.61 Å². The monoisotopic (exact) mass is 232 g/mol. The first-order valence-corrected chi connectivity index (χ1v) is 5.04. The number of benzene rings is 1. The Morgan fingerprint density at radius 3 is 2.56 bits per heavy atom. The van der Waals surface area contributed by atoms with Crippen LogP contribution in [0.5, 0.6) is 0 Å². The van der Waals surface area contributed by atoms with Crippen molar-refractivity contribution in [3.63, 3.8) is 0 Å². The maximum Gasteiger partial charge on any atom is 0.172 e. The summed E-state index contributed by atoms with van der Waals surface area (Å²) in [6.45, 7) is 2.17. The molecule has 4 heteroatoms. The zero-order valence-corrected chi connectivity index (χ0v) is 9.45. The zero-order valence-electron chi connectivity index (χ0n) is 8.70. The summed E-state index contributed by atoms with van der Waals surface area (Å²) in [6.07, 6.45) is 0. The lowest BCUT2D eigenvalue weighted by Gasteiger charge is -2.08. The van der Waals surface area contributed by atoms with E-state index in [9.17, 15) is 0 Å². The zero-order chi connectivity index (χ0) is 12.0. The van der Waals surface area contributed by atoms with Crippen LogP contribution in [-0.2, 0) is 4.74 Å². The second-order valence-electron chi connectivity index (χ2n) is 2.87. The molecule has 3 nitrogen and oxygen atoms in total. The molecule has 0 saturated heterocycles. The number of nitrogens with zero attached hydrogens (tertiary/aromatic N) is 2. The van der Waals surface area contributed by atoms with Crippen molar-refractivity contribution in [2.45, 2.75) is 6.92 Å². The molecule has 0 amide bonds. The highest BCUT2D eigenvalue weighted by molar-refractivity contribution is 6.30. The van der Waals surface area contributed by atoms with E-state index in [2.05, 4.69) is 0 Å². The van der Waals surface area contributed by atoms with Gasteiger partial charge in [-0.2, -0.15) is 10.5 Å². The maximum absolute atomic E-state index is 8.81. The van der Waals surface area contributed by atoms with E-state index < -0.39 is 0 Å². The SMILES string of the molecule is CCOC(=C(C#N)C#N)c1cccc(Cl)c1. The predicted octanol–water partition coefficient (Wildman–Crippen LogP) is 3.13. The summed E-state index contributed by atoms with van der Waals surface area (Å²) in [5.41, 5.74) is 0.580. The Morgan fingerprint density at radius 2 is 2.06 bits per heavy atom. The molecular formula is C12H9ClN2O. The summed E-state index contributed by atoms with van der Waals surface area (Å²) < 4.78 is 5.30. The Hall–Kier alpha value is -1.97. The molecule has 0 aromatic heterocycles. The molecule has 0 saturated carbocycles. The van der Waals surface area contributed by atoms with Crippen molar-refractivity contribution in [2.24, 2.45) is 0 Å². The summed E-state index contributed by atoms with van der Waals surface area (Å²) in [5, 5.41) is 18.2. The molecule has 0 bridgehead atoms. The fraction of sp³-hybridized carbons (Fsp3) is 0.167. The number of allylic oxidation sites excluding steroid dienone is 1. The van der Waals surface area contributed by atoms with Crippen molar-refractivity contribution in [3.8, 4) is 12.1 Å². The summed E-state index contributed by atoms with van der Waals surface area (Å²) in [5.74, 6) is 0.273. The van der Waals surface area contributed by atoms with E-state index in [0.29, 0.717) is 17.2 Å². The summed E-state index contributed by atoms with van der Waals surface area (Å²) in [6, 6.07) is 10.5. The Balaban J connectivity index is 3.30. The van der Waals surface area contributed by atoms with Gasteiger partial charge in [-0.05, 0) is 19.1 Å². The molecular weight excluding hydrogens is 224 g/mol.